The van der Waals surface area contributed by atoms with Gasteiger partial charge in [-0.1, -0.05) is 30.7 Å². The summed E-state index contributed by atoms with van der Waals surface area (Å²) in [5.41, 5.74) is 0.920. The number of nitrogens with zero attached hydrogens (tertiary/aromatic N) is 1. The Labute approximate surface area is 119 Å². The van der Waals surface area contributed by atoms with Crippen LogP contribution >= 0.6 is 11.6 Å². The van der Waals surface area contributed by atoms with Gasteiger partial charge in [-0.2, -0.15) is 4.31 Å². The molecule has 0 saturated carbocycles. The van der Waals surface area contributed by atoms with Crippen LogP contribution < -0.4 is 0 Å². The van der Waals surface area contributed by atoms with E-state index in [2.05, 4.69) is 0 Å². The molecule has 4 nitrogen and oxygen atoms in total. The molecule has 1 saturated heterocycles. The molecule has 1 aromatic rings. The zero-order chi connectivity index (χ0) is 13.9. The van der Waals surface area contributed by atoms with E-state index >= 15 is 0 Å². The summed E-state index contributed by atoms with van der Waals surface area (Å²) in [7, 11) is -3.16. The largest absolute Gasteiger partial charge is 0.371 e. The van der Waals surface area contributed by atoms with Crippen LogP contribution in [0.2, 0.25) is 5.02 Å². The van der Waals surface area contributed by atoms with Crippen molar-refractivity contribution in [2.75, 3.05) is 25.4 Å². The quantitative estimate of drug-likeness (QED) is 0.858. The van der Waals surface area contributed by atoms with Gasteiger partial charge in [-0.25, -0.2) is 8.42 Å². The number of benzene rings is 1. The van der Waals surface area contributed by atoms with E-state index in [1.807, 2.05) is 25.1 Å². The Morgan fingerprint density at radius 2 is 2.26 bits per heavy atom. The van der Waals surface area contributed by atoms with Crippen LogP contribution in [0.15, 0.2) is 24.3 Å². The molecule has 2 rings (SSSR count). The van der Waals surface area contributed by atoms with Gasteiger partial charge in [-0.05, 0) is 24.1 Å². The second-order valence-corrected chi connectivity index (χ2v) is 7.11. The average Bonchev–Trinajstić information content (AvgIpc) is 2.39. The number of hydrogen-bond donors (Lipinski definition) is 0. The fraction of sp³-hybridized carbons (Fsp3) is 0.538. The predicted molar refractivity (Wildman–Crippen MR) is 75.8 cm³/mol. The molecule has 0 bridgehead atoms. The summed E-state index contributed by atoms with van der Waals surface area (Å²) in [5.74, 6) is 0.190. The highest BCUT2D eigenvalue weighted by Gasteiger charge is 2.29. The highest BCUT2D eigenvalue weighted by molar-refractivity contribution is 7.89. The first-order valence-electron chi connectivity index (χ1n) is 6.38. The Hall–Kier alpha value is -0.620. The van der Waals surface area contributed by atoms with Crippen molar-refractivity contribution in [1.82, 2.24) is 4.31 Å². The molecule has 1 unspecified atom stereocenters. The summed E-state index contributed by atoms with van der Waals surface area (Å²) in [6, 6.07) is 7.37. The van der Waals surface area contributed by atoms with Gasteiger partial charge in [0, 0.05) is 18.1 Å². The number of ether oxygens (including phenoxy) is 1. The Morgan fingerprint density at radius 3 is 2.95 bits per heavy atom. The fourth-order valence-electron chi connectivity index (χ4n) is 2.17. The van der Waals surface area contributed by atoms with Gasteiger partial charge >= 0.3 is 0 Å². The third-order valence-electron chi connectivity index (χ3n) is 3.11. The van der Waals surface area contributed by atoms with Crippen LogP contribution in [0, 0.1) is 0 Å². The maximum Gasteiger partial charge on any atom is 0.214 e. The first kappa shape index (κ1) is 14.8. The first-order chi connectivity index (χ1) is 9.03. The van der Waals surface area contributed by atoms with E-state index in [1.165, 1.54) is 4.31 Å². The molecule has 0 N–H and O–H groups in total. The highest BCUT2D eigenvalue weighted by atomic mass is 35.5. The summed E-state index contributed by atoms with van der Waals surface area (Å²) < 4.78 is 31.3. The third-order valence-corrected chi connectivity index (χ3v) is 5.38. The molecule has 1 fully saturated rings. The van der Waals surface area contributed by atoms with E-state index < -0.39 is 10.0 Å². The van der Waals surface area contributed by atoms with E-state index in [1.54, 1.807) is 6.07 Å². The van der Waals surface area contributed by atoms with E-state index in [4.69, 9.17) is 16.3 Å². The van der Waals surface area contributed by atoms with Crippen molar-refractivity contribution >= 4 is 21.6 Å². The van der Waals surface area contributed by atoms with Crippen molar-refractivity contribution in [1.29, 1.82) is 0 Å². The third kappa shape index (κ3) is 3.69. The molecular weight excluding hydrogens is 286 g/mol. The minimum absolute atomic E-state index is 0.190. The molecular formula is C13H18ClNO3S. The number of halogens is 1. The molecule has 19 heavy (non-hydrogen) atoms. The topological polar surface area (TPSA) is 46.6 Å². The standard InChI is InChI=1S/C13H18ClNO3S/c1-2-8-19(16,17)15-6-7-18-13(10-15)11-4-3-5-12(14)9-11/h3-5,9,13H,2,6-8,10H2,1H3. The van der Waals surface area contributed by atoms with E-state index in [0.717, 1.165) is 5.56 Å². The van der Waals surface area contributed by atoms with Crippen molar-refractivity contribution in [2.45, 2.75) is 19.4 Å². The van der Waals surface area contributed by atoms with Crippen LogP contribution in [-0.2, 0) is 14.8 Å². The fourth-order valence-corrected chi connectivity index (χ4v) is 3.86. The van der Waals surface area contributed by atoms with E-state index in [9.17, 15) is 8.42 Å². The molecule has 1 heterocycles. The van der Waals surface area contributed by atoms with E-state index in [0.29, 0.717) is 31.1 Å². The summed E-state index contributed by atoms with van der Waals surface area (Å²) in [4.78, 5) is 0. The molecule has 1 aliphatic rings. The van der Waals surface area contributed by atoms with Gasteiger partial charge in [-0.3, -0.25) is 0 Å². The predicted octanol–water partition coefficient (Wildman–Crippen LogP) is 2.45. The van der Waals surface area contributed by atoms with Crippen LogP contribution in [0.1, 0.15) is 25.0 Å². The molecule has 1 aliphatic heterocycles. The lowest BCUT2D eigenvalue weighted by molar-refractivity contribution is -0.00253. The van der Waals surface area contributed by atoms with Gasteiger partial charge in [0.2, 0.25) is 10.0 Å². The summed E-state index contributed by atoms with van der Waals surface area (Å²) in [5, 5.41) is 0.634. The zero-order valence-corrected chi connectivity index (χ0v) is 12.5. The van der Waals surface area contributed by atoms with Crippen molar-refractivity contribution in [2.24, 2.45) is 0 Å². The number of morpholine rings is 1. The minimum atomic E-state index is -3.16. The van der Waals surface area contributed by atoms with Gasteiger partial charge in [0.25, 0.3) is 0 Å². The Balaban J connectivity index is 2.13. The normalized spacial score (nSPS) is 21.5. The van der Waals surface area contributed by atoms with Crippen LogP contribution in [0.5, 0.6) is 0 Å². The van der Waals surface area contributed by atoms with Crippen LogP contribution in [0.25, 0.3) is 0 Å². The molecule has 0 spiro atoms. The van der Waals surface area contributed by atoms with Gasteiger partial charge in [-0.15, -0.1) is 0 Å². The lowest BCUT2D eigenvalue weighted by Gasteiger charge is -2.32. The lowest BCUT2D eigenvalue weighted by atomic mass is 10.1. The molecule has 0 radical (unpaired) electrons. The smallest absolute Gasteiger partial charge is 0.214 e. The van der Waals surface area contributed by atoms with E-state index in [-0.39, 0.29) is 11.9 Å². The van der Waals surface area contributed by atoms with Crippen molar-refractivity contribution in [3.05, 3.63) is 34.9 Å². The number of hydrogen-bond acceptors (Lipinski definition) is 3. The molecule has 1 aromatic carbocycles. The maximum absolute atomic E-state index is 12.1. The SMILES string of the molecule is CCCS(=O)(=O)N1CCOC(c2cccc(Cl)c2)C1. The Bertz CT molecular complexity index is 532. The summed E-state index contributed by atoms with van der Waals surface area (Å²) in [6.07, 6.45) is 0.390. The van der Waals surface area contributed by atoms with Gasteiger partial charge < -0.3 is 4.74 Å². The number of sulfonamides is 1. The molecule has 0 aromatic heterocycles. The first-order valence-corrected chi connectivity index (χ1v) is 8.36. The summed E-state index contributed by atoms with van der Waals surface area (Å²) >= 11 is 5.95. The zero-order valence-electron chi connectivity index (χ0n) is 10.9. The van der Waals surface area contributed by atoms with Crippen LogP contribution in [-0.4, -0.2) is 38.2 Å². The molecule has 6 heteroatoms. The van der Waals surface area contributed by atoms with Crippen molar-refractivity contribution < 1.29 is 13.2 Å². The van der Waals surface area contributed by atoms with Crippen LogP contribution in [0.3, 0.4) is 0 Å². The number of rotatable bonds is 4. The second kappa shape index (κ2) is 6.22. The second-order valence-electron chi connectivity index (χ2n) is 4.59. The average molecular weight is 304 g/mol. The van der Waals surface area contributed by atoms with Crippen LogP contribution in [0.4, 0.5) is 0 Å². The Morgan fingerprint density at radius 1 is 1.47 bits per heavy atom. The van der Waals surface area contributed by atoms with Crippen molar-refractivity contribution in [3.63, 3.8) is 0 Å². The highest BCUT2D eigenvalue weighted by Crippen LogP contribution is 2.25. The molecule has 1 atom stereocenters. The summed E-state index contributed by atoms with van der Waals surface area (Å²) in [6.45, 7) is 3.08. The van der Waals surface area contributed by atoms with Gasteiger partial charge in [0.05, 0.1) is 18.5 Å². The van der Waals surface area contributed by atoms with Gasteiger partial charge in [0.15, 0.2) is 0 Å². The molecule has 0 amide bonds. The molecule has 106 valence electrons. The van der Waals surface area contributed by atoms with Gasteiger partial charge in [0.1, 0.15) is 0 Å². The monoisotopic (exact) mass is 303 g/mol. The Kier molecular flexibility index (Phi) is 4.84. The van der Waals surface area contributed by atoms with Crippen molar-refractivity contribution in [3.8, 4) is 0 Å². The lowest BCUT2D eigenvalue weighted by Crippen LogP contribution is -2.43. The molecule has 0 aliphatic carbocycles. The maximum atomic E-state index is 12.1. The minimum Gasteiger partial charge on any atom is -0.371 e.